The maximum Gasteiger partial charge on any atom is 0.332 e. The van der Waals surface area contributed by atoms with Gasteiger partial charge >= 0.3 is 5.97 Å². The fourth-order valence-electron chi connectivity index (χ4n) is 2.84. The van der Waals surface area contributed by atoms with Crippen LogP contribution in [0.1, 0.15) is 38.5 Å². The number of hydrogen-bond acceptors (Lipinski definition) is 4. The van der Waals surface area contributed by atoms with Crippen molar-refractivity contribution >= 4 is 11.9 Å². The molecule has 0 saturated carbocycles. The number of ether oxygens (including phenoxy) is 1. The molecule has 0 aromatic rings. The van der Waals surface area contributed by atoms with E-state index in [2.05, 4.69) is 0 Å². The molecular weight excluding hydrogens is 250 g/mol. The van der Waals surface area contributed by atoms with E-state index in [-0.39, 0.29) is 18.6 Å². The number of hydrogen-bond donors (Lipinski definition) is 2. The highest BCUT2D eigenvalue weighted by atomic mass is 16.5. The van der Waals surface area contributed by atoms with Crippen molar-refractivity contribution < 1.29 is 24.5 Å². The zero-order chi connectivity index (χ0) is 13.8. The summed E-state index contributed by atoms with van der Waals surface area (Å²) in [5, 5.41) is 18.3. The summed E-state index contributed by atoms with van der Waals surface area (Å²) < 4.78 is 5.30. The van der Waals surface area contributed by atoms with Crippen LogP contribution in [0.15, 0.2) is 0 Å². The van der Waals surface area contributed by atoms with Crippen LogP contribution >= 0.6 is 0 Å². The molecule has 2 aliphatic rings. The van der Waals surface area contributed by atoms with Crippen molar-refractivity contribution in [3.8, 4) is 0 Å². The van der Waals surface area contributed by atoms with Crippen LogP contribution in [0.25, 0.3) is 0 Å². The van der Waals surface area contributed by atoms with Gasteiger partial charge in [-0.15, -0.1) is 0 Å². The number of carboxylic acid groups (broad SMARTS) is 1. The van der Waals surface area contributed by atoms with Gasteiger partial charge in [-0.2, -0.15) is 0 Å². The Morgan fingerprint density at radius 1 is 1.11 bits per heavy atom. The van der Waals surface area contributed by atoms with Gasteiger partial charge in [0, 0.05) is 6.54 Å². The van der Waals surface area contributed by atoms with Crippen LogP contribution in [-0.2, 0) is 14.3 Å². The molecular formula is C13H21NO5. The van der Waals surface area contributed by atoms with E-state index in [4.69, 9.17) is 9.84 Å². The SMILES string of the molecule is O=C(O)[C@H]1CC[C@@H](C(=O)N2CCCCCC2CO)O1. The Bertz CT molecular complexity index is 346. The first-order chi connectivity index (χ1) is 9.13. The van der Waals surface area contributed by atoms with E-state index in [1.54, 1.807) is 4.90 Å². The lowest BCUT2D eigenvalue weighted by Crippen LogP contribution is -2.47. The third kappa shape index (κ3) is 3.25. The van der Waals surface area contributed by atoms with Crippen molar-refractivity contribution in [2.75, 3.05) is 13.2 Å². The van der Waals surface area contributed by atoms with E-state index in [1.165, 1.54) is 0 Å². The van der Waals surface area contributed by atoms with Crippen LogP contribution in [0.4, 0.5) is 0 Å². The maximum absolute atomic E-state index is 12.4. The fraction of sp³-hybridized carbons (Fsp3) is 0.846. The maximum atomic E-state index is 12.4. The quantitative estimate of drug-likeness (QED) is 0.775. The number of likely N-dealkylation sites (tertiary alicyclic amines) is 1. The van der Waals surface area contributed by atoms with Crippen LogP contribution in [-0.4, -0.2) is 58.4 Å². The van der Waals surface area contributed by atoms with E-state index in [0.717, 1.165) is 25.7 Å². The number of carbonyl (C=O) groups excluding carboxylic acids is 1. The van der Waals surface area contributed by atoms with E-state index in [1.807, 2.05) is 0 Å². The minimum atomic E-state index is -1.01. The second-order valence-corrected chi connectivity index (χ2v) is 5.25. The normalized spacial score (nSPS) is 32.1. The van der Waals surface area contributed by atoms with Gasteiger partial charge in [0.15, 0.2) is 6.10 Å². The lowest BCUT2D eigenvalue weighted by atomic mass is 10.1. The molecule has 3 atom stereocenters. The molecule has 2 heterocycles. The van der Waals surface area contributed by atoms with Crippen molar-refractivity contribution in [3.63, 3.8) is 0 Å². The lowest BCUT2D eigenvalue weighted by Gasteiger charge is -2.30. The topological polar surface area (TPSA) is 87.1 Å². The average Bonchev–Trinajstić information content (AvgIpc) is 2.77. The summed E-state index contributed by atoms with van der Waals surface area (Å²) in [6.45, 7) is 0.586. The molecule has 2 N–H and O–H groups in total. The molecule has 0 aromatic carbocycles. The standard InChI is InChI=1S/C13H21NO5/c15-8-9-4-2-1-3-7-14(9)12(16)10-5-6-11(19-10)13(17)18/h9-11,15H,1-8H2,(H,17,18)/t9?,10-,11+/m0/s1. The summed E-state index contributed by atoms with van der Waals surface area (Å²) in [5.74, 6) is -1.17. The first-order valence-electron chi connectivity index (χ1n) is 6.93. The molecule has 0 aromatic heterocycles. The molecule has 19 heavy (non-hydrogen) atoms. The van der Waals surface area contributed by atoms with Crippen LogP contribution in [0.3, 0.4) is 0 Å². The highest BCUT2D eigenvalue weighted by Crippen LogP contribution is 2.25. The number of nitrogens with zero attached hydrogens (tertiary/aromatic N) is 1. The summed E-state index contributed by atoms with van der Waals surface area (Å²) in [6.07, 6.45) is 3.10. The molecule has 0 radical (unpaired) electrons. The van der Waals surface area contributed by atoms with Gasteiger partial charge in [0.1, 0.15) is 6.10 Å². The largest absolute Gasteiger partial charge is 0.479 e. The minimum Gasteiger partial charge on any atom is -0.479 e. The molecule has 108 valence electrons. The Morgan fingerprint density at radius 3 is 2.47 bits per heavy atom. The summed E-state index contributed by atoms with van der Waals surface area (Å²) >= 11 is 0. The third-order valence-corrected chi connectivity index (χ3v) is 3.94. The van der Waals surface area contributed by atoms with Gasteiger partial charge in [-0.05, 0) is 25.7 Å². The molecule has 2 saturated heterocycles. The predicted molar refractivity (Wildman–Crippen MR) is 66.6 cm³/mol. The number of rotatable bonds is 3. The molecule has 2 aliphatic heterocycles. The van der Waals surface area contributed by atoms with Crippen molar-refractivity contribution in [2.24, 2.45) is 0 Å². The summed E-state index contributed by atoms with van der Waals surface area (Å²) in [5.41, 5.74) is 0. The first-order valence-corrected chi connectivity index (χ1v) is 6.93. The Hall–Kier alpha value is -1.14. The van der Waals surface area contributed by atoms with Gasteiger partial charge in [0.05, 0.1) is 12.6 Å². The Balaban J connectivity index is 1.99. The molecule has 0 spiro atoms. The van der Waals surface area contributed by atoms with Crippen molar-refractivity contribution in [2.45, 2.75) is 56.8 Å². The predicted octanol–water partition coefficient (Wildman–Crippen LogP) is 0.382. The highest BCUT2D eigenvalue weighted by molar-refractivity contribution is 5.83. The molecule has 2 rings (SSSR count). The van der Waals surface area contributed by atoms with Gasteiger partial charge in [-0.25, -0.2) is 4.79 Å². The Labute approximate surface area is 112 Å². The molecule has 2 fully saturated rings. The first kappa shape index (κ1) is 14.3. The van der Waals surface area contributed by atoms with Gasteiger partial charge in [0.2, 0.25) is 0 Å². The number of aliphatic carboxylic acids is 1. The van der Waals surface area contributed by atoms with Crippen LogP contribution in [0, 0.1) is 0 Å². The molecule has 6 heteroatoms. The average molecular weight is 271 g/mol. The zero-order valence-corrected chi connectivity index (χ0v) is 11.0. The van der Waals surface area contributed by atoms with Gasteiger partial charge in [-0.1, -0.05) is 12.8 Å². The Kier molecular flexibility index (Phi) is 4.76. The highest BCUT2D eigenvalue weighted by Gasteiger charge is 2.38. The van der Waals surface area contributed by atoms with Crippen LogP contribution in [0.5, 0.6) is 0 Å². The van der Waals surface area contributed by atoms with Gasteiger partial charge < -0.3 is 19.8 Å². The number of carboxylic acids is 1. The van der Waals surface area contributed by atoms with E-state index >= 15 is 0 Å². The summed E-state index contributed by atoms with van der Waals surface area (Å²) in [7, 11) is 0. The third-order valence-electron chi connectivity index (χ3n) is 3.94. The Morgan fingerprint density at radius 2 is 1.84 bits per heavy atom. The smallest absolute Gasteiger partial charge is 0.332 e. The number of carbonyl (C=O) groups is 2. The second-order valence-electron chi connectivity index (χ2n) is 5.25. The number of aliphatic hydroxyl groups excluding tert-OH is 1. The van der Waals surface area contributed by atoms with E-state index in [9.17, 15) is 14.7 Å². The minimum absolute atomic E-state index is 0.0409. The van der Waals surface area contributed by atoms with Gasteiger partial charge in [0.25, 0.3) is 5.91 Å². The van der Waals surface area contributed by atoms with Crippen molar-refractivity contribution in [1.29, 1.82) is 0 Å². The zero-order valence-electron chi connectivity index (χ0n) is 11.0. The number of amides is 1. The molecule has 1 unspecified atom stereocenters. The van der Waals surface area contributed by atoms with Crippen LogP contribution < -0.4 is 0 Å². The second kappa shape index (κ2) is 6.34. The van der Waals surface area contributed by atoms with Crippen molar-refractivity contribution in [3.05, 3.63) is 0 Å². The number of aliphatic hydroxyl groups is 1. The summed E-state index contributed by atoms with van der Waals surface area (Å²) in [6, 6.07) is -0.150. The van der Waals surface area contributed by atoms with E-state index in [0.29, 0.717) is 19.4 Å². The molecule has 1 amide bonds. The van der Waals surface area contributed by atoms with Crippen LogP contribution in [0.2, 0.25) is 0 Å². The fourth-order valence-corrected chi connectivity index (χ4v) is 2.84. The molecule has 6 nitrogen and oxygen atoms in total. The molecule has 0 bridgehead atoms. The molecule has 0 aliphatic carbocycles. The van der Waals surface area contributed by atoms with Gasteiger partial charge in [-0.3, -0.25) is 4.79 Å². The lowest BCUT2D eigenvalue weighted by molar-refractivity contribution is -0.156. The van der Waals surface area contributed by atoms with Crippen molar-refractivity contribution in [1.82, 2.24) is 4.90 Å². The monoisotopic (exact) mass is 271 g/mol. The summed E-state index contributed by atoms with van der Waals surface area (Å²) in [4.78, 5) is 24.9. The van der Waals surface area contributed by atoms with E-state index < -0.39 is 18.2 Å².